The highest BCUT2D eigenvalue weighted by molar-refractivity contribution is 7.99. The van der Waals surface area contributed by atoms with Gasteiger partial charge in [0.1, 0.15) is 5.75 Å². The topological polar surface area (TPSA) is 38.3 Å². The van der Waals surface area contributed by atoms with Gasteiger partial charge in [0.05, 0.1) is 7.11 Å². The summed E-state index contributed by atoms with van der Waals surface area (Å²) in [5.74, 6) is 1.82. The zero-order valence-corrected chi connectivity index (χ0v) is 12.9. The second-order valence-corrected chi connectivity index (χ2v) is 6.57. The van der Waals surface area contributed by atoms with Gasteiger partial charge in [0.2, 0.25) is 5.91 Å². The first-order valence-electron chi connectivity index (χ1n) is 7.33. The molecule has 1 aromatic carbocycles. The molecule has 1 N–H and O–H groups in total. The summed E-state index contributed by atoms with van der Waals surface area (Å²) < 4.78 is 5.09. The number of carbonyl (C=O) groups is 1. The lowest BCUT2D eigenvalue weighted by atomic mass is 10.0. The molecule has 0 atom stereocenters. The van der Waals surface area contributed by atoms with E-state index >= 15 is 0 Å². The average Bonchev–Trinajstić information content (AvgIpc) is 2.49. The number of nitrogens with one attached hydrogen (secondary N) is 1. The van der Waals surface area contributed by atoms with Crippen LogP contribution in [0.5, 0.6) is 5.75 Å². The number of carbonyl (C=O) groups excluding carboxylic acids is 1. The van der Waals surface area contributed by atoms with Crippen LogP contribution >= 0.6 is 11.8 Å². The van der Waals surface area contributed by atoms with Gasteiger partial charge < -0.3 is 10.1 Å². The van der Waals surface area contributed by atoms with Gasteiger partial charge in [0.15, 0.2) is 0 Å². The van der Waals surface area contributed by atoms with E-state index in [-0.39, 0.29) is 5.91 Å². The van der Waals surface area contributed by atoms with Gasteiger partial charge in [-0.15, -0.1) is 0 Å². The van der Waals surface area contributed by atoms with Crippen LogP contribution in [0.15, 0.2) is 24.3 Å². The van der Waals surface area contributed by atoms with Gasteiger partial charge in [-0.1, -0.05) is 19.3 Å². The Hall–Kier alpha value is -1.16. The highest BCUT2D eigenvalue weighted by atomic mass is 32.2. The Bertz CT molecular complexity index is 413. The monoisotopic (exact) mass is 293 g/mol. The van der Waals surface area contributed by atoms with Crippen molar-refractivity contribution >= 4 is 23.4 Å². The molecule has 1 aliphatic carbocycles. The normalized spacial score (nSPS) is 15.8. The number of rotatable bonds is 6. The highest BCUT2D eigenvalue weighted by Gasteiger charge is 2.14. The summed E-state index contributed by atoms with van der Waals surface area (Å²) in [4.78, 5) is 11.9. The van der Waals surface area contributed by atoms with Crippen molar-refractivity contribution in [2.24, 2.45) is 0 Å². The van der Waals surface area contributed by atoms with Crippen LogP contribution in [0.2, 0.25) is 0 Å². The molecule has 0 heterocycles. The van der Waals surface area contributed by atoms with Crippen molar-refractivity contribution in [1.82, 2.24) is 0 Å². The first kappa shape index (κ1) is 15.2. The molecule has 0 aromatic heterocycles. The van der Waals surface area contributed by atoms with Crippen LogP contribution in [-0.2, 0) is 4.79 Å². The van der Waals surface area contributed by atoms with Gasteiger partial charge in [-0.3, -0.25) is 4.79 Å². The molecule has 1 fully saturated rings. The molecular weight excluding hydrogens is 270 g/mol. The lowest BCUT2D eigenvalue weighted by molar-refractivity contribution is -0.115. The first-order chi connectivity index (χ1) is 9.78. The van der Waals surface area contributed by atoms with E-state index in [1.54, 1.807) is 7.11 Å². The second kappa shape index (κ2) is 8.20. The first-order valence-corrected chi connectivity index (χ1v) is 8.38. The van der Waals surface area contributed by atoms with Crippen molar-refractivity contribution in [2.75, 3.05) is 18.2 Å². The number of ether oxygens (including phenoxy) is 1. The van der Waals surface area contributed by atoms with E-state index in [9.17, 15) is 4.79 Å². The van der Waals surface area contributed by atoms with E-state index in [0.717, 1.165) is 22.4 Å². The maximum Gasteiger partial charge on any atom is 0.225 e. The molecule has 1 aromatic rings. The molecule has 0 aliphatic heterocycles. The molecule has 0 unspecified atom stereocenters. The van der Waals surface area contributed by atoms with Crippen LogP contribution in [0.4, 0.5) is 5.69 Å². The SMILES string of the molecule is COc1ccc(NC(=O)CCSC2CCCCC2)cc1. The van der Waals surface area contributed by atoms with Gasteiger partial charge in [0.25, 0.3) is 0 Å². The summed E-state index contributed by atoms with van der Waals surface area (Å²) in [7, 11) is 1.63. The molecule has 0 saturated heterocycles. The molecule has 0 radical (unpaired) electrons. The van der Waals surface area contributed by atoms with Gasteiger partial charge in [-0.2, -0.15) is 11.8 Å². The van der Waals surface area contributed by atoms with Crippen molar-refractivity contribution in [3.05, 3.63) is 24.3 Å². The maximum atomic E-state index is 11.9. The van der Waals surface area contributed by atoms with Crippen molar-refractivity contribution < 1.29 is 9.53 Å². The van der Waals surface area contributed by atoms with Crippen LogP contribution < -0.4 is 10.1 Å². The van der Waals surface area contributed by atoms with Crippen molar-refractivity contribution in [2.45, 2.75) is 43.8 Å². The summed E-state index contributed by atoms with van der Waals surface area (Å²) in [5, 5.41) is 3.70. The molecule has 1 aliphatic rings. The number of methoxy groups -OCH3 is 1. The maximum absolute atomic E-state index is 11.9. The molecular formula is C16H23NO2S. The summed E-state index contributed by atoms with van der Waals surface area (Å²) in [5.41, 5.74) is 0.832. The zero-order valence-electron chi connectivity index (χ0n) is 12.1. The fourth-order valence-corrected chi connectivity index (χ4v) is 3.75. The number of hydrogen-bond acceptors (Lipinski definition) is 3. The molecule has 0 bridgehead atoms. The number of anilines is 1. The number of benzene rings is 1. The molecule has 110 valence electrons. The molecule has 4 heteroatoms. The van der Waals surface area contributed by atoms with E-state index in [4.69, 9.17) is 4.74 Å². The third-order valence-corrected chi connectivity index (χ3v) is 4.99. The van der Waals surface area contributed by atoms with Crippen LogP contribution in [-0.4, -0.2) is 24.0 Å². The Labute approximate surface area is 125 Å². The minimum atomic E-state index is 0.0958. The minimum Gasteiger partial charge on any atom is -0.497 e. The lowest BCUT2D eigenvalue weighted by Crippen LogP contribution is -2.14. The third-order valence-electron chi connectivity index (χ3n) is 3.61. The van der Waals surface area contributed by atoms with E-state index < -0.39 is 0 Å². The molecule has 20 heavy (non-hydrogen) atoms. The fraction of sp³-hybridized carbons (Fsp3) is 0.562. The molecule has 0 spiro atoms. The van der Waals surface area contributed by atoms with Crippen molar-refractivity contribution in [3.63, 3.8) is 0 Å². The number of amides is 1. The van der Waals surface area contributed by atoms with Gasteiger partial charge in [-0.25, -0.2) is 0 Å². The van der Waals surface area contributed by atoms with Crippen LogP contribution in [0.25, 0.3) is 0 Å². The summed E-state index contributed by atoms with van der Waals surface area (Å²) in [6, 6.07) is 7.44. The Morgan fingerprint density at radius 1 is 1.25 bits per heavy atom. The Kier molecular flexibility index (Phi) is 6.25. The lowest BCUT2D eigenvalue weighted by Gasteiger charge is -2.20. The van der Waals surface area contributed by atoms with Gasteiger partial charge >= 0.3 is 0 Å². The molecule has 3 nitrogen and oxygen atoms in total. The summed E-state index contributed by atoms with van der Waals surface area (Å²) >= 11 is 1.96. The zero-order chi connectivity index (χ0) is 14.2. The van der Waals surface area contributed by atoms with Crippen molar-refractivity contribution in [1.29, 1.82) is 0 Å². The molecule has 1 amide bonds. The average molecular weight is 293 g/mol. The fourth-order valence-electron chi connectivity index (χ4n) is 2.45. The number of thioether (sulfide) groups is 1. The largest absolute Gasteiger partial charge is 0.497 e. The van der Waals surface area contributed by atoms with E-state index in [2.05, 4.69) is 5.32 Å². The molecule has 2 rings (SSSR count). The Balaban J connectivity index is 1.66. The predicted molar refractivity (Wildman–Crippen MR) is 85.6 cm³/mol. The summed E-state index contributed by atoms with van der Waals surface area (Å²) in [6.45, 7) is 0. The van der Waals surface area contributed by atoms with E-state index in [1.807, 2.05) is 36.0 Å². The molecule has 1 saturated carbocycles. The van der Waals surface area contributed by atoms with Crippen LogP contribution in [0, 0.1) is 0 Å². The van der Waals surface area contributed by atoms with Gasteiger partial charge in [0, 0.05) is 23.1 Å². The van der Waals surface area contributed by atoms with E-state index in [0.29, 0.717) is 6.42 Å². The predicted octanol–water partition coefficient (Wildman–Crippen LogP) is 4.09. The smallest absolute Gasteiger partial charge is 0.225 e. The second-order valence-electron chi connectivity index (χ2n) is 5.16. The Morgan fingerprint density at radius 3 is 2.60 bits per heavy atom. The van der Waals surface area contributed by atoms with Crippen LogP contribution in [0.3, 0.4) is 0 Å². The van der Waals surface area contributed by atoms with Gasteiger partial charge in [-0.05, 0) is 37.1 Å². The minimum absolute atomic E-state index is 0.0958. The third kappa shape index (κ3) is 5.08. The van der Waals surface area contributed by atoms with Crippen LogP contribution in [0.1, 0.15) is 38.5 Å². The summed E-state index contributed by atoms with van der Waals surface area (Å²) in [6.07, 6.45) is 7.34. The quantitative estimate of drug-likeness (QED) is 0.858. The standard InChI is InChI=1S/C16H23NO2S/c1-19-14-9-7-13(8-10-14)17-16(18)11-12-20-15-5-3-2-4-6-15/h7-10,15H,2-6,11-12H2,1H3,(H,17,18). The Morgan fingerprint density at radius 2 is 1.95 bits per heavy atom. The van der Waals surface area contributed by atoms with Crippen molar-refractivity contribution in [3.8, 4) is 5.75 Å². The number of hydrogen-bond donors (Lipinski definition) is 1. The highest BCUT2D eigenvalue weighted by Crippen LogP contribution is 2.28. The van der Waals surface area contributed by atoms with E-state index in [1.165, 1.54) is 32.1 Å².